The average molecular weight is 286 g/mol. The first-order valence-corrected chi connectivity index (χ1v) is 6.85. The van der Waals surface area contributed by atoms with E-state index in [1.807, 2.05) is 0 Å². The van der Waals surface area contributed by atoms with Crippen molar-refractivity contribution in [2.24, 2.45) is 0 Å². The summed E-state index contributed by atoms with van der Waals surface area (Å²) in [5.41, 5.74) is 0.803. The maximum Gasteiger partial charge on any atom is 0.344 e. The van der Waals surface area contributed by atoms with Crippen LogP contribution in [-0.2, 0) is 11.3 Å². The zero-order valence-corrected chi connectivity index (χ0v) is 12.0. The van der Waals surface area contributed by atoms with Gasteiger partial charge in [0.1, 0.15) is 5.75 Å². The molecule has 0 fully saturated rings. The molecule has 0 aliphatic heterocycles. The van der Waals surface area contributed by atoms with Crippen LogP contribution < -0.4 is 10.1 Å². The molecule has 106 valence electrons. The fourth-order valence-corrected chi connectivity index (χ4v) is 1.91. The van der Waals surface area contributed by atoms with Gasteiger partial charge in [-0.3, -0.25) is 0 Å². The summed E-state index contributed by atoms with van der Waals surface area (Å²) < 4.78 is 5.54. The van der Waals surface area contributed by atoms with Crippen LogP contribution in [0.4, 0.5) is 0 Å². The molecule has 0 aliphatic carbocycles. The van der Waals surface area contributed by atoms with Crippen molar-refractivity contribution in [2.75, 3.05) is 6.54 Å². The smallest absolute Gasteiger partial charge is 0.344 e. The molecule has 1 unspecified atom stereocenters. The van der Waals surface area contributed by atoms with E-state index in [9.17, 15) is 4.79 Å². The molecule has 0 saturated heterocycles. The molecule has 2 N–H and O–H groups in total. The molecule has 0 heterocycles. The van der Waals surface area contributed by atoms with Crippen LogP contribution in [0.2, 0.25) is 5.02 Å². The van der Waals surface area contributed by atoms with Gasteiger partial charge in [0.2, 0.25) is 0 Å². The molecule has 0 aliphatic rings. The molecule has 1 aromatic carbocycles. The van der Waals surface area contributed by atoms with E-state index in [2.05, 4.69) is 12.2 Å². The standard InChI is InChI=1S/C14H20ClNO3/c1-3-8-16-9-10-11(15)6-5-7-13(10)19-12(4-2)14(17)18/h5-7,12,16H,3-4,8-9H2,1-2H3,(H,17,18). The lowest BCUT2D eigenvalue weighted by atomic mass is 10.2. The number of carboxylic acids is 1. The summed E-state index contributed by atoms with van der Waals surface area (Å²) in [6.45, 7) is 5.30. The molecule has 0 radical (unpaired) electrons. The molecular formula is C14H20ClNO3. The van der Waals surface area contributed by atoms with Gasteiger partial charge in [0.15, 0.2) is 6.10 Å². The van der Waals surface area contributed by atoms with E-state index >= 15 is 0 Å². The summed E-state index contributed by atoms with van der Waals surface area (Å²) in [4.78, 5) is 11.0. The van der Waals surface area contributed by atoms with E-state index in [0.29, 0.717) is 23.7 Å². The Kier molecular flexibility index (Phi) is 6.67. The molecule has 1 atom stereocenters. The Morgan fingerprint density at radius 3 is 2.79 bits per heavy atom. The second kappa shape index (κ2) is 8.02. The molecule has 1 aromatic rings. The highest BCUT2D eigenvalue weighted by Gasteiger charge is 2.19. The Bertz CT molecular complexity index is 423. The third kappa shape index (κ3) is 4.73. The van der Waals surface area contributed by atoms with Gasteiger partial charge in [-0.1, -0.05) is 31.5 Å². The monoisotopic (exact) mass is 285 g/mol. The van der Waals surface area contributed by atoms with Gasteiger partial charge >= 0.3 is 5.97 Å². The lowest BCUT2D eigenvalue weighted by Gasteiger charge is -2.17. The van der Waals surface area contributed by atoms with Crippen LogP contribution >= 0.6 is 11.6 Å². The van der Waals surface area contributed by atoms with E-state index in [-0.39, 0.29) is 0 Å². The van der Waals surface area contributed by atoms with Crippen LogP contribution in [0.25, 0.3) is 0 Å². The number of nitrogens with one attached hydrogen (secondary N) is 1. The fraction of sp³-hybridized carbons (Fsp3) is 0.500. The molecular weight excluding hydrogens is 266 g/mol. The van der Waals surface area contributed by atoms with E-state index in [0.717, 1.165) is 18.5 Å². The van der Waals surface area contributed by atoms with E-state index in [4.69, 9.17) is 21.4 Å². The van der Waals surface area contributed by atoms with Crippen molar-refractivity contribution in [3.05, 3.63) is 28.8 Å². The minimum atomic E-state index is -0.963. The maximum absolute atomic E-state index is 11.0. The summed E-state index contributed by atoms with van der Waals surface area (Å²) in [5, 5.41) is 12.9. The highest BCUT2D eigenvalue weighted by atomic mass is 35.5. The zero-order chi connectivity index (χ0) is 14.3. The number of hydrogen-bond acceptors (Lipinski definition) is 3. The third-order valence-electron chi connectivity index (χ3n) is 2.72. The minimum Gasteiger partial charge on any atom is -0.479 e. The summed E-state index contributed by atoms with van der Waals surface area (Å²) in [5.74, 6) is -0.430. The van der Waals surface area contributed by atoms with Gasteiger partial charge in [-0.05, 0) is 31.5 Å². The summed E-state index contributed by atoms with van der Waals surface area (Å²) >= 11 is 6.15. The van der Waals surface area contributed by atoms with Crippen LogP contribution in [0.1, 0.15) is 32.3 Å². The van der Waals surface area contributed by atoms with Crippen molar-refractivity contribution in [3.63, 3.8) is 0 Å². The molecule has 0 aromatic heterocycles. The molecule has 19 heavy (non-hydrogen) atoms. The summed E-state index contributed by atoms with van der Waals surface area (Å²) in [7, 11) is 0. The molecule has 1 rings (SSSR count). The van der Waals surface area contributed by atoms with Crippen molar-refractivity contribution in [1.29, 1.82) is 0 Å². The van der Waals surface area contributed by atoms with Crippen LogP contribution in [0.15, 0.2) is 18.2 Å². The number of hydrogen-bond donors (Lipinski definition) is 2. The van der Waals surface area contributed by atoms with Crippen LogP contribution in [0.3, 0.4) is 0 Å². The van der Waals surface area contributed by atoms with Crippen LogP contribution in [0, 0.1) is 0 Å². The van der Waals surface area contributed by atoms with Crippen molar-refractivity contribution in [3.8, 4) is 5.75 Å². The fourth-order valence-electron chi connectivity index (χ4n) is 1.67. The highest BCUT2D eigenvalue weighted by molar-refractivity contribution is 6.31. The molecule has 5 heteroatoms. The number of halogens is 1. The summed E-state index contributed by atoms with van der Waals surface area (Å²) in [6.07, 6.45) is 0.584. The van der Waals surface area contributed by atoms with Gasteiger partial charge in [0, 0.05) is 17.1 Å². The zero-order valence-electron chi connectivity index (χ0n) is 11.3. The number of aliphatic carboxylic acids is 1. The Morgan fingerprint density at radius 1 is 1.47 bits per heavy atom. The predicted molar refractivity (Wildman–Crippen MR) is 75.8 cm³/mol. The minimum absolute atomic E-state index is 0.406. The first-order chi connectivity index (χ1) is 9.10. The molecule has 0 amide bonds. The Balaban J connectivity index is 2.86. The Hall–Kier alpha value is -1.26. The van der Waals surface area contributed by atoms with Gasteiger partial charge in [0.25, 0.3) is 0 Å². The van der Waals surface area contributed by atoms with Crippen LogP contribution in [-0.4, -0.2) is 23.7 Å². The lowest BCUT2D eigenvalue weighted by Crippen LogP contribution is -2.27. The number of carbonyl (C=O) groups is 1. The number of carboxylic acid groups (broad SMARTS) is 1. The topological polar surface area (TPSA) is 58.6 Å². The molecule has 0 bridgehead atoms. The van der Waals surface area contributed by atoms with Gasteiger partial charge < -0.3 is 15.2 Å². The third-order valence-corrected chi connectivity index (χ3v) is 3.07. The SMILES string of the molecule is CCCNCc1c(Cl)cccc1OC(CC)C(=O)O. The normalized spacial score (nSPS) is 12.2. The second-order valence-corrected chi connectivity index (χ2v) is 4.65. The first kappa shape index (κ1) is 15.8. The van der Waals surface area contributed by atoms with Gasteiger partial charge in [-0.2, -0.15) is 0 Å². The van der Waals surface area contributed by atoms with Crippen molar-refractivity contribution < 1.29 is 14.6 Å². The first-order valence-electron chi connectivity index (χ1n) is 6.47. The van der Waals surface area contributed by atoms with E-state index < -0.39 is 12.1 Å². The van der Waals surface area contributed by atoms with Crippen molar-refractivity contribution in [2.45, 2.75) is 39.3 Å². The van der Waals surface area contributed by atoms with E-state index in [1.54, 1.807) is 25.1 Å². The average Bonchev–Trinajstić information content (AvgIpc) is 2.38. The molecule has 4 nitrogen and oxygen atoms in total. The second-order valence-electron chi connectivity index (χ2n) is 4.25. The number of rotatable bonds is 8. The van der Waals surface area contributed by atoms with Gasteiger partial charge in [-0.15, -0.1) is 0 Å². The van der Waals surface area contributed by atoms with Crippen LogP contribution in [0.5, 0.6) is 5.75 Å². The summed E-state index contributed by atoms with van der Waals surface area (Å²) in [6, 6.07) is 5.29. The molecule has 0 saturated carbocycles. The molecule has 0 spiro atoms. The largest absolute Gasteiger partial charge is 0.479 e. The van der Waals surface area contributed by atoms with E-state index in [1.165, 1.54) is 0 Å². The number of benzene rings is 1. The maximum atomic E-state index is 11.0. The lowest BCUT2D eigenvalue weighted by molar-refractivity contribution is -0.145. The van der Waals surface area contributed by atoms with Crippen molar-refractivity contribution >= 4 is 17.6 Å². The van der Waals surface area contributed by atoms with Gasteiger partial charge in [-0.25, -0.2) is 4.79 Å². The highest BCUT2D eigenvalue weighted by Crippen LogP contribution is 2.27. The Morgan fingerprint density at radius 2 is 2.21 bits per heavy atom. The van der Waals surface area contributed by atoms with Crippen molar-refractivity contribution in [1.82, 2.24) is 5.32 Å². The predicted octanol–water partition coefficient (Wildman–Crippen LogP) is 3.08. The Labute approximate surface area is 118 Å². The van der Waals surface area contributed by atoms with Gasteiger partial charge in [0.05, 0.1) is 0 Å². The quantitative estimate of drug-likeness (QED) is 0.721. The number of ether oxygens (including phenoxy) is 1.